The number of hydrogen-bond donors (Lipinski definition) is 3. The maximum atomic E-state index is 11.7. The Balaban J connectivity index is 2.41. The number of nitrogens with one attached hydrogen (secondary N) is 1. The van der Waals surface area contributed by atoms with Crippen molar-refractivity contribution in [3.05, 3.63) is 34.2 Å². The zero-order chi connectivity index (χ0) is 11.3. The van der Waals surface area contributed by atoms with Gasteiger partial charge in [-0.1, -0.05) is 12.1 Å². The van der Waals surface area contributed by atoms with Crippen LogP contribution in [0.5, 0.6) is 0 Å². The SMILES string of the molecule is N[C@@H]1CCn2c(=O)[nH]c3cccc(c32)[C@@H]1O. The lowest BCUT2D eigenvalue weighted by Gasteiger charge is -2.15. The fraction of sp³-hybridized carbons (Fsp3) is 0.364. The third-order valence-electron chi connectivity index (χ3n) is 3.23. The number of nitrogens with two attached hydrogens (primary N) is 1. The Morgan fingerprint density at radius 1 is 1.50 bits per heavy atom. The van der Waals surface area contributed by atoms with Crippen LogP contribution in [0.25, 0.3) is 11.0 Å². The lowest BCUT2D eigenvalue weighted by atomic mass is 10.0. The number of hydrogen-bond acceptors (Lipinski definition) is 3. The minimum Gasteiger partial charge on any atom is -0.387 e. The molecule has 0 radical (unpaired) electrons. The number of rotatable bonds is 0. The fourth-order valence-electron chi connectivity index (χ4n) is 2.37. The third kappa shape index (κ3) is 1.15. The first-order valence-electron chi connectivity index (χ1n) is 5.33. The van der Waals surface area contributed by atoms with Gasteiger partial charge < -0.3 is 15.8 Å². The summed E-state index contributed by atoms with van der Waals surface area (Å²) in [6.45, 7) is 0.550. The highest BCUT2D eigenvalue weighted by atomic mass is 16.3. The van der Waals surface area contributed by atoms with Crippen molar-refractivity contribution >= 4 is 11.0 Å². The highest BCUT2D eigenvalue weighted by Crippen LogP contribution is 2.28. The quantitative estimate of drug-likeness (QED) is 0.587. The van der Waals surface area contributed by atoms with Gasteiger partial charge in [0.2, 0.25) is 0 Å². The molecular formula is C11H13N3O2. The molecule has 0 bridgehead atoms. The summed E-state index contributed by atoms with van der Waals surface area (Å²) in [4.78, 5) is 14.5. The van der Waals surface area contributed by atoms with Crippen LogP contribution >= 0.6 is 0 Å². The minimum atomic E-state index is -0.701. The first-order chi connectivity index (χ1) is 7.68. The molecule has 0 aliphatic carbocycles. The fourth-order valence-corrected chi connectivity index (χ4v) is 2.37. The van der Waals surface area contributed by atoms with Gasteiger partial charge in [-0.2, -0.15) is 0 Å². The Morgan fingerprint density at radius 2 is 2.31 bits per heavy atom. The molecule has 5 nitrogen and oxygen atoms in total. The zero-order valence-corrected chi connectivity index (χ0v) is 8.68. The van der Waals surface area contributed by atoms with Crippen molar-refractivity contribution in [2.24, 2.45) is 5.73 Å². The molecule has 0 saturated heterocycles. The molecule has 3 rings (SSSR count). The van der Waals surface area contributed by atoms with Crippen molar-refractivity contribution in [2.75, 3.05) is 0 Å². The predicted octanol–water partition coefficient (Wildman–Crippen LogP) is 0.0940. The van der Waals surface area contributed by atoms with E-state index >= 15 is 0 Å². The maximum absolute atomic E-state index is 11.7. The van der Waals surface area contributed by atoms with E-state index in [-0.39, 0.29) is 11.7 Å². The molecule has 84 valence electrons. The summed E-state index contributed by atoms with van der Waals surface area (Å²) in [7, 11) is 0. The van der Waals surface area contributed by atoms with Crippen LogP contribution < -0.4 is 11.4 Å². The van der Waals surface area contributed by atoms with Gasteiger partial charge in [0, 0.05) is 18.2 Å². The molecule has 0 saturated carbocycles. The Bertz CT molecular complexity index is 599. The molecule has 2 aromatic rings. The summed E-state index contributed by atoms with van der Waals surface area (Å²) in [5, 5.41) is 10.1. The summed E-state index contributed by atoms with van der Waals surface area (Å²) in [5.74, 6) is 0. The van der Waals surface area contributed by atoms with E-state index in [2.05, 4.69) is 4.98 Å². The van der Waals surface area contributed by atoms with Crippen molar-refractivity contribution < 1.29 is 5.11 Å². The molecule has 0 fully saturated rings. The summed E-state index contributed by atoms with van der Waals surface area (Å²) in [6, 6.07) is 5.16. The van der Waals surface area contributed by atoms with E-state index in [1.807, 2.05) is 18.2 Å². The molecule has 16 heavy (non-hydrogen) atoms. The van der Waals surface area contributed by atoms with E-state index in [0.717, 1.165) is 16.6 Å². The molecule has 0 spiro atoms. The molecule has 1 aromatic carbocycles. The second kappa shape index (κ2) is 3.20. The molecule has 0 unspecified atom stereocenters. The number of benzene rings is 1. The van der Waals surface area contributed by atoms with Gasteiger partial charge in [0.15, 0.2) is 0 Å². The van der Waals surface area contributed by atoms with E-state index in [0.29, 0.717) is 13.0 Å². The van der Waals surface area contributed by atoms with E-state index in [4.69, 9.17) is 5.73 Å². The maximum Gasteiger partial charge on any atom is 0.326 e. The van der Waals surface area contributed by atoms with Crippen LogP contribution in [0.2, 0.25) is 0 Å². The lowest BCUT2D eigenvalue weighted by molar-refractivity contribution is 0.144. The first-order valence-corrected chi connectivity index (χ1v) is 5.33. The largest absolute Gasteiger partial charge is 0.387 e. The monoisotopic (exact) mass is 219 g/mol. The number of aryl methyl sites for hydroxylation is 1. The third-order valence-corrected chi connectivity index (χ3v) is 3.23. The van der Waals surface area contributed by atoms with Crippen molar-refractivity contribution in [1.29, 1.82) is 0 Å². The average Bonchev–Trinajstić information content (AvgIpc) is 2.53. The smallest absolute Gasteiger partial charge is 0.326 e. The molecule has 1 aromatic heterocycles. The topological polar surface area (TPSA) is 84.0 Å². The molecule has 0 amide bonds. The molecule has 1 aliphatic heterocycles. The Morgan fingerprint density at radius 3 is 3.12 bits per heavy atom. The van der Waals surface area contributed by atoms with Crippen LogP contribution in [0.15, 0.2) is 23.0 Å². The van der Waals surface area contributed by atoms with Crippen molar-refractivity contribution in [3.8, 4) is 0 Å². The number of aliphatic hydroxyl groups is 1. The van der Waals surface area contributed by atoms with E-state index < -0.39 is 6.10 Å². The Kier molecular flexibility index (Phi) is 1.92. The number of aromatic nitrogens is 2. The second-order valence-electron chi connectivity index (χ2n) is 4.22. The Labute approximate surface area is 91.5 Å². The zero-order valence-electron chi connectivity index (χ0n) is 8.68. The molecule has 4 N–H and O–H groups in total. The second-order valence-corrected chi connectivity index (χ2v) is 4.22. The summed E-state index contributed by atoms with van der Waals surface area (Å²) in [6.07, 6.45) is -0.101. The number of para-hydroxylation sites is 1. The van der Waals surface area contributed by atoms with E-state index in [1.165, 1.54) is 0 Å². The average molecular weight is 219 g/mol. The summed E-state index contributed by atoms with van der Waals surface area (Å²) in [5.41, 5.74) is 8.01. The van der Waals surface area contributed by atoms with Crippen molar-refractivity contribution in [3.63, 3.8) is 0 Å². The van der Waals surface area contributed by atoms with Gasteiger partial charge in [0.1, 0.15) is 0 Å². The number of nitrogens with zero attached hydrogens (tertiary/aromatic N) is 1. The lowest BCUT2D eigenvalue weighted by Crippen LogP contribution is -2.28. The van der Waals surface area contributed by atoms with Gasteiger partial charge >= 0.3 is 5.69 Å². The van der Waals surface area contributed by atoms with Crippen LogP contribution in [0.3, 0.4) is 0 Å². The Hall–Kier alpha value is -1.59. The van der Waals surface area contributed by atoms with Crippen molar-refractivity contribution in [1.82, 2.24) is 9.55 Å². The first kappa shape index (κ1) is 9.62. The van der Waals surface area contributed by atoms with Crippen LogP contribution in [0.1, 0.15) is 18.1 Å². The van der Waals surface area contributed by atoms with Crippen LogP contribution in [0, 0.1) is 0 Å². The minimum absolute atomic E-state index is 0.135. The van der Waals surface area contributed by atoms with E-state index in [9.17, 15) is 9.90 Å². The normalized spacial score (nSPS) is 24.6. The highest BCUT2D eigenvalue weighted by molar-refractivity contribution is 5.79. The van der Waals surface area contributed by atoms with Gasteiger partial charge in [-0.3, -0.25) is 4.57 Å². The number of imidazole rings is 1. The van der Waals surface area contributed by atoms with Gasteiger partial charge in [-0.25, -0.2) is 4.79 Å². The highest BCUT2D eigenvalue weighted by Gasteiger charge is 2.25. The summed E-state index contributed by atoms with van der Waals surface area (Å²) < 4.78 is 1.65. The van der Waals surface area contributed by atoms with E-state index in [1.54, 1.807) is 4.57 Å². The number of aliphatic hydroxyl groups excluding tert-OH is 1. The molecule has 2 heterocycles. The molecular weight excluding hydrogens is 206 g/mol. The predicted molar refractivity (Wildman–Crippen MR) is 60.1 cm³/mol. The summed E-state index contributed by atoms with van der Waals surface area (Å²) >= 11 is 0. The standard InChI is InChI=1S/C11H13N3O2/c12-7-4-5-14-9-6(10(7)15)2-1-3-8(9)13-11(14)16/h1-3,7,10,15H,4-5,12H2,(H,13,16)/t7-,10+/m1/s1. The van der Waals surface area contributed by atoms with Crippen LogP contribution in [0.4, 0.5) is 0 Å². The molecule has 2 atom stereocenters. The molecule has 1 aliphatic rings. The van der Waals surface area contributed by atoms with Gasteiger partial charge in [-0.15, -0.1) is 0 Å². The number of aromatic amines is 1. The van der Waals surface area contributed by atoms with Crippen LogP contribution in [-0.2, 0) is 6.54 Å². The molecule has 5 heteroatoms. The number of H-pyrrole nitrogens is 1. The van der Waals surface area contributed by atoms with Gasteiger partial charge in [-0.05, 0) is 12.5 Å². The van der Waals surface area contributed by atoms with Gasteiger partial charge in [0.25, 0.3) is 0 Å². The van der Waals surface area contributed by atoms with Crippen molar-refractivity contribution in [2.45, 2.75) is 25.1 Å². The van der Waals surface area contributed by atoms with Gasteiger partial charge in [0.05, 0.1) is 17.1 Å². The van der Waals surface area contributed by atoms with Crippen LogP contribution in [-0.4, -0.2) is 20.7 Å².